The third kappa shape index (κ3) is 3.69. The van der Waals surface area contributed by atoms with E-state index in [1.807, 2.05) is 4.72 Å². The van der Waals surface area contributed by atoms with Crippen molar-refractivity contribution in [1.82, 2.24) is 4.72 Å². The van der Waals surface area contributed by atoms with Crippen LogP contribution < -0.4 is 4.72 Å². The molecule has 7 nitrogen and oxygen atoms in total. The van der Waals surface area contributed by atoms with Gasteiger partial charge in [0.15, 0.2) is 0 Å². The predicted octanol–water partition coefficient (Wildman–Crippen LogP) is 0.878. The van der Waals surface area contributed by atoms with Crippen molar-refractivity contribution in [2.45, 2.75) is 17.9 Å². The van der Waals surface area contributed by atoms with E-state index in [9.17, 15) is 18.0 Å². The minimum absolute atomic E-state index is 0.149. The van der Waals surface area contributed by atoms with Crippen LogP contribution in [0, 0.1) is 0 Å². The number of methoxy groups -OCH3 is 1. The number of benzene rings is 1. The van der Waals surface area contributed by atoms with E-state index in [-0.39, 0.29) is 10.6 Å². The molecular formula is C11H12ClNO6S. The van der Waals surface area contributed by atoms with Gasteiger partial charge < -0.3 is 9.84 Å². The monoisotopic (exact) mass is 321 g/mol. The molecule has 0 aliphatic carbocycles. The molecule has 0 aromatic heterocycles. The number of ether oxygens (including phenoxy) is 1. The van der Waals surface area contributed by atoms with E-state index in [2.05, 4.69) is 4.74 Å². The van der Waals surface area contributed by atoms with E-state index in [1.54, 1.807) is 0 Å². The van der Waals surface area contributed by atoms with Crippen LogP contribution in [0.2, 0.25) is 5.02 Å². The number of hydrogen-bond acceptors (Lipinski definition) is 5. The molecule has 0 fully saturated rings. The molecule has 0 saturated heterocycles. The highest BCUT2D eigenvalue weighted by molar-refractivity contribution is 7.89. The molecule has 0 amide bonds. The molecule has 110 valence electrons. The fourth-order valence-corrected chi connectivity index (χ4v) is 2.90. The Balaban J connectivity index is 3.31. The summed E-state index contributed by atoms with van der Waals surface area (Å²) in [6.45, 7) is 1.16. The minimum atomic E-state index is -4.20. The molecule has 1 aromatic rings. The molecule has 9 heteroatoms. The zero-order valence-electron chi connectivity index (χ0n) is 10.6. The van der Waals surface area contributed by atoms with Gasteiger partial charge in [-0.15, -0.1) is 0 Å². The summed E-state index contributed by atoms with van der Waals surface area (Å²) in [6, 6.07) is 2.16. The molecule has 1 rings (SSSR count). The third-order valence-electron chi connectivity index (χ3n) is 2.34. The summed E-state index contributed by atoms with van der Waals surface area (Å²) < 4.78 is 30.6. The van der Waals surface area contributed by atoms with Gasteiger partial charge in [-0.1, -0.05) is 11.6 Å². The van der Waals surface area contributed by atoms with Crippen LogP contribution in [0.5, 0.6) is 0 Å². The Morgan fingerprint density at radius 3 is 2.50 bits per heavy atom. The lowest BCUT2D eigenvalue weighted by Crippen LogP contribution is -2.38. The first kappa shape index (κ1) is 16.4. The molecular weight excluding hydrogens is 310 g/mol. The Labute approximate surface area is 120 Å². The molecule has 0 spiro atoms. The Morgan fingerprint density at radius 2 is 2.00 bits per heavy atom. The number of carbonyl (C=O) groups excluding carboxylic acids is 1. The number of carbonyl (C=O) groups is 2. The number of esters is 1. The minimum Gasteiger partial charge on any atom is -0.480 e. The maximum Gasteiger partial charge on any atom is 0.339 e. The fourth-order valence-electron chi connectivity index (χ4n) is 1.35. The van der Waals surface area contributed by atoms with Gasteiger partial charge >= 0.3 is 11.9 Å². The van der Waals surface area contributed by atoms with Gasteiger partial charge in [0.2, 0.25) is 10.0 Å². The summed E-state index contributed by atoms with van der Waals surface area (Å²) in [6.07, 6.45) is 0. The lowest BCUT2D eigenvalue weighted by atomic mass is 10.2. The molecule has 0 bridgehead atoms. The van der Waals surface area contributed by atoms with Crippen molar-refractivity contribution in [1.29, 1.82) is 0 Å². The highest BCUT2D eigenvalue weighted by Gasteiger charge is 2.26. The van der Waals surface area contributed by atoms with Gasteiger partial charge in [0.25, 0.3) is 0 Å². The highest BCUT2D eigenvalue weighted by Crippen LogP contribution is 2.21. The second-order valence-electron chi connectivity index (χ2n) is 3.81. The average molecular weight is 322 g/mol. The van der Waals surface area contributed by atoms with Crippen molar-refractivity contribution in [3.63, 3.8) is 0 Å². The lowest BCUT2D eigenvalue weighted by molar-refractivity contribution is -0.138. The summed E-state index contributed by atoms with van der Waals surface area (Å²) in [5, 5.41) is 8.87. The number of sulfonamides is 1. The van der Waals surface area contributed by atoms with Gasteiger partial charge in [0, 0.05) is 5.02 Å². The van der Waals surface area contributed by atoms with Crippen molar-refractivity contribution in [3.05, 3.63) is 28.8 Å². The molecule has 1 atom stereocenters. The summed E-state index contributed by atoms with van der Waals surface area (Å²) in [4.78, 5) is 21.9. The predicted molar refractivity (Wildman–Crippen MR) is 70.2 cm³/mol. The molecule has 0 heterocycles. The molecule has 0 saturated carbocycles. The third-order valence-corrected chi connectivity index (χ3v) is 4.17. The molecule has 0 aliphatic rings. The molecule has 2 N–H and O–H groups in total. The largest absolute Gasteiger partial charge is 0.480 e. The van der Waals surface area contributed by atoms with Gasteiger partial charge in [0.1, 0.15) is 6.04 Å². The number of nitrogens with one attached hydrogen (secondary N) is 1. The Bertz CT molecular complexity index is 642. The van der Waals surface area contributed by atoms with Crippen LogP contribution in [0.1, 0.15) is 17.3 Å². The number of rotatable bonds is 5. The smallest absolute Gasteiger partial charge is 0.339 e. The molecule has 20 heavy (non-hydrogen) atoms. The highest BCUT2D eigenvalue weighted by atomic mass is 35.5. The van der Waals surface area contributed by atoms with Gasteiger partial charge in [0.05, 0.1) is 17.6 Å². The van der Waals surface area contributed by atoms with E-state index in [4.69, 9.17) is 16.7 Å². The SMILES string of the molecule is COC(=O)c1cc(Cl)ccc1S(=O)(=O)N[C@@H](C)C(=O)O. The number of hydrogen-bond donors (Lipinski definition) is 2. The van der Waals surface area contributed by atoms with E-state index < -0.39 is 32.9 Å². The van der Waals surface area contributed by atoms with Crippen molar-refractivity contribution in [3.8, 4) is 0 Å². The van der Waals surface area contributed by atoms with E-state index >= 15 is 0 Å². The fraction of sp³-hybridized carbons (Fsp3) is 0.273. The van der Waals surface area contributed by atoms with E-state index in [0.29, 0.717) is 0 Å². The number of aliphatic carboxylic acids is 1. The van der Waals surface area contributed by atoms with E-state index in [1.165, 1.54) is 6.07 Å². The summed E-state index contributed by atoms with van der Waals surface area (Å²) >= 11 is 5.71. The standard InChI is InChI=1S/C11H12ClNO6S/c1-6(10(14)15)13-20(17,18)9-4-3-7(12)5-8(9)11(16)19-2/h3-6,13H,1-2H3,(H,14,15)/t6-/m0/s1. The first-order valence-corrected chi connectivity index (χ1v) is 7.18. The van der Waals surface area contributed by atoms with Crippen LogP contribution in [0.4, 0.5) is 0 Å². The van der Waals surface area contributed by atoms with Gasteiger partial charge in [-0.25, -0.2) is 13.2 Å². The van der Waals surface area contributed by atoms with Crippen molar-refractivity contribution in [2.24, 2.45) is 0 Å². The number of carboxylic acids is 1. The molecule has 0 aliphatic heterocycles. The molecule has 0 radical (unpaired) electrons. The summed E-state index contributed by atoms with van der Waals surface area (Å²) in [7, 11) is -3.11. The number of halogens is 1. The maximum absolute atomic E-state index is 12.1. The summed E-state index contributed by atoms with van der Waals surface area (Å²) in [5.74, 6) is -2.24. The van der Waals surface area contributed by atoms with Crippen molar-refractivity contribution >= 4 is 33.6 Å². The summed E-state index contributed by atoms with van der Waals surface area (Å²) in [5.41, 5.74) is -0.273. The Morgan fingerprint density at radius 1 is 1.40 bits per heavy atom. The maximum atomic E-state index is 12.1. The van der Waals surface area contributed by atoms with Crippen LogP contribution in [-0.4, -0.2) is 38.6 Å². The van der Waals surface area contributed by atoms with Crippen LogP contribution in [0.25, 0.3) is 0 Å². The topological polar surface area (TPSA) is 110 Å². The lowest BCUT2D eigenvalue weighted by Gasteiger charge is -2.13. The Hall–Kier alpha value is -1.64. The van der Waals surface area contributed by atoms with Gasteiger partial charge in [-0.3, -0.25) is 4.79 Å². The average Bonchev–Trinajstić information content (AvgIpc) is 2.36. The first-order valence-electron chi connectivity index (χ1n) is 5.32. The van der Waals surface area contributed by atoms with Crippen molar-refractivity contribution < 1.29 is 27.9 Å². The normalized spacial score (nSPS) is 12.8. The van der Waals surface area contributed by atoms with E-state index in [0.717, 1.165) is 26.2 Å². The van der Waals surface area contributed by atoms with Crippen LogP contribution in [0.15, 0.2) is 23.1 Å². The van der Waals surface area contributed by atoms with Crippen LogP contribution in [0.3, 0.4) is 0 Å². The quantitative estimate of drug-likeness (QED) is 0.779. The molecule has 1 aromatic carbocycles. The van der Waals surface area contributed by atoms with Crippen molar-refractivity contribution in [2.75, 3.05) is 7.11 Å². The number of carboxylic acid groups (broad SMARTS) is 1. The molecule has 0 unspecified atom stereocenters. The second-order valence-corrected chi connectivity index (χ2v) is 5.93. The zero-order valence-corrected chi connectivity index (χ0v) is 12.2. The Kier molecular flexibility index (Phi) is 5.09. The first-order chi connectivity index (χ1) is 9.19. The zero-order chi connectivity index (χ0) is 15.5. The van der Waals surface area contributed by atoms with Gasteiger partial charge in [-0.2, -0.15) is 4.72 Å². The van der Waals surface area contributed by atoms with Crippen LogP contribution >= 0.6 is 11.6 Å². The van der Waals surface area contributed by atoms with Gasteiger partial charge in [-0.05, 0) is 25.1 Å². The van der Waals surface area contributed by atoms with Crippen LogP contribution in [-0.2, 0) is 19.6 Å². The second kappa shape index (κ2) is 6.21.